The molecule has 23 heavy (non-hydrogen) atoms. The van der Waals surface area contributed by atoms with Crippen molar-refractivity contribution in [2.75, 3.05) is 13.2 Å². The van der Waals surface area contributed by atoms with Gasteiger partial charge in [0, 0.05) is 12.8 Å². The van der Waals surface area contributed by atoms with Crippen molar-refractivity contribution in [3.05, 3.63) is 0 Å². The van der Waals surface area contributed by atoms with Crippen molar-refractivity contribution >= 4 is 0 Å². The van der Waals surface area contributed by atoms with Gasteiger partial charge in [0.25, 0.3) is 0 Å². The quantitative estimate of drug-likeness (QED) is 0.614. The van der Waals surface area contributed by atoms with Gasteiger partial charge in [-0.25, -0.2) is 0 Å². The molecule has 0 radical (unpaired) electrons. The normalized spacial score (nSPS) is 54.5. The van der Waals surface area contributed by atoms with Gasteiger partial charge in [0.15, 0.2) is 5.79 Å². The zero-order valence-corrected chi connectivity index (χ0v) is 15.1. The molecule has 0 aromatic heterocycles. The van der Waals surface area contributed by atoms with Gasteiger partial charge in [-0.15, -0.1) is 0 Å². The monoisotopic (exact) mass is 318 g/mol. The van der Waals surface area contributed by atoms with Crippen LogP contribution in [0.3, 0.4) is 0 Å². The van der Waals surface area contributed by atoms with Gasteiger partial charge in [0.05, 0.1) is 13.2 Å². The van der Waals surface area contributed by atoms with Crippen LogP contribution in [0.2, 0.25) is 0 Å². The first-order valence-electron chi connectivity index (χ1n) is 10.3. The largest absolute Gasteiger partial charge is 0.348 e. The molecule has 6 atom stereocenters. The number of hydrogen-bond acceptors (Lipinski definition) is 2. The van der Waals surface area contributed by atoms with E-state index in [1.54, 1.807) is 0 Å². The minimum Gasteiger partial charge on any atom is -0.348 e. The molecule has 0 amide bonds. The molecule has 5 fully saturated rings. The van der Waals surface area contributed by atoms with E-state index in [-0.39, 0.29) is 5.79 Å². The minimum absolute atomic E-state index is 0.196. The van der Waals surface area contributed by atoms with Gasteiger partial charge in [-0.1, -0.05) is 26.7 Å². The third kappa shape index (κ3) is 2.06. The van der Waals surface area contributed by atoms with E-state index in [9.17, 15) is 0 Å². The minimum atomic E-state index is -0.196. The Balaban J connectivity index is 1.45. The lowest BCUT2D eigenvalue weighted by atomic mass is 9.45. The smallest absolute Gasteiger partial charge is 0.169 e. The van der Waals surface area contributed by atoms with Crippen LogP contribution in [0.15, 0.2) is 0 Å². The number of rotatable bonds is 0. The number of ether oxygens (including phenoxy) is 2. The first kappa shape index (κ1) is 15.2. The van der Waals surface area contributed by atoms with Crippen LogP contribution >= 0.6 is 0 Å². The Labute approximate surface area is 141 Å². The van der Waals surface area contributed by atoms with Gasteiger partial charge < -0.3 is 9.47 Å². The molecule has 4 aliphatic carbocycles. The summed E-state index contributed by atoms with van der Waals surface area (Å²) in [6.07, 6.45) is 14.2. The standard InChI is InChI=1S/C21H34O2/c1-19-10-8-17-16(7-6-15-5-3-4-9-20(15,17)2)18(19)13-21(14-19)22-11-12-23-21/h15-18H,3-14H2,1-2H3. The fourth-order valence-electron chi connectivity index (χ4n) is 8.05. The molecule has 2 nitrogen and oxygen atoms in total. The highest BCUT2D eigenvalue weighted by Crippen LogP contribution is 2.68. The fourth-order valence-corrected chi connectivity index (χ4v) is 8.05. The predicted octanol–water partition coefficient (Wildman–Crippen LogP) is 5.16. The number of fused-ring (bicyclic) bond motifs is 5. The Hall–Kier alpha value is -0.0800. The molecular formula is C21H34O2. The predicted molar refractivity (Wildman–Crippen MR) is 91.0 cm³/mol. The molecule has 2 heteroatoms. The summed E-state index contributed by atoms with van der Waals surface area (Å²) in [6.45, 7) is 6.86. The van der Waals surface area contributed by atoms with Crippen LogP contribution in [0, 0.1) is 34.5 Å². The Kier molecular flexibility index (Phi) is 3.29. The second-order valence-electron chi connectivity index (χ2n) is 10.1. The molecule has 1 heterocycles. The summed E-state index contributed by atoms with van der Waals surface area (Å²) < 4.78 is 12.3. The Morgan fingerprint density at radius 3 is 2.48 bits per heavy atom. The highest BCUT2D eigenvalue weighted by Gasteiger charge is 2.63. The summed E-state index contributed by atoms with van der Waals surface area (Å²) in [7, 11) is 0. The average molecular weight is 319 g/mol. The molecule has 1 spiro atoms. The van der Waals surface area contributed by atoms with Crippen molar-refractivity contribution in [2.24, 2.45) is 34.5 Å². The van der Waals surface area contributed by atoms with Crippen molar-refractivity contribution < 1.29 is 9.47 Å². The van der Waals surface area contributed by atoms with Crippen LogP contribution in [0.4, 0.5) is 0 Å². The van der Waals surface area contributed by atoms with Crippen molar-refractivity contribution in [1.29, 1.82) is 0 Å². The molecule has 4 saturated carbocycles. The van der Waals surface area contributed by atoms with Crippen molar-refractivity contribution in [3.8, 4) is 0 Å². The zero-order chi connectivity index (χ0) is 15.7. The van der Waals surface area contributed by atoms with E-state index >= 15 is 0 Å². The Bertz CT molecular complexity index is 482. The second-order valence-corrected chi connectivity index (χ2v) is 10.1. The summed E-state index contributed by atoms with van der Waals surface area (Å²) in [4.78, 5) is 0. The highest BCUT2D eigenvalue weighted by molar-refractivity contribution is 5.10. The van der Waals surface area contributed by atoms with Gasteiger partial charge in [0.1, 0.15) is 0 Å². The Morgan fingerprint density at radius 1 is 0.826 bits per heavy atom. The topological polar surface area (TPSA) is 18.5 Å². The summed E-state index contributed by atoms with van der Waals surface area (Å²) in [5.41, 5.74) is 1.12. The van der Waals surface area contributed by atoms with Gasteiger partial charge >= 0.3 is 0 Å². The highest BCUT2D eigenvalue weighted by atomic mass is 16.7. The fraction of sp³-hybridized carbons (Fsp3) is 1.00. The van der Waals surface area contributed by atoms with Crippen LogP contribution in [-0.4, -0.2) is 19.0 Å². The maximum absolute atomic E-state index is 6.15. The molecule has 1 saturated heterocycles. The van der Waals surface area contributed by atoms with Crippen LogP contribution in [0.25, 0.3) is 0 Å². The molecular weight excluding hydrogens is 284 g/mol. The first-order valence-corrected chi connectivity index (χ1v) is 10.3. The molecule has 0 bridgehead atoms. The maximum Gasteiger partial charge on any atom is 0.169 e. The van der Waals surface area contributed by atoms with Crippen molar-refractivity contribution in [2.45, 2.75) is 83.8 Å². The summed E-state index contributed by atoms with van der Waals surface area (Å²) in [5.74, 6) is 3.60. The lowest BCUT2D eigenvalue weighted by molar-refractivity contribution is -0.157. The van der Waals surface area contributed by atoms with E-state index in [1.807, 2.05) is 0 Å². The molecule has 1 aliphatic heterocycles. The van der Waals surface area contributed by atoms with Crippen LogP contribution < -0.4 is 0 Å². The average Bonchev–Trinajstić information content (AvgIpc) is 3.10. The third-order valence-electron chi connectivity index (χ3n) is 9.12. The number of hydrogen-bond donors (Lipinski definition) is 0. The molecule has 6 unspecified atom stereocenters. The van der Waals surface area contributed by atoms with Crippen molar-refractivity contribution in [1.82, 2.24) is 0 Å². The SMILES string of the molecule is CC12CCC3C(CCC4CCCCC43C)C1CC1(C2)OCCO1. The van der Waals surface area contributed by atoms with E-state index in [2.05, 4.69) is 13.8 Å². The maximum atomic E-state index is 6.15. The van der Waals surface area contributed by atoms with Crippen LogP contribution in [-0.2, 0) is 9.47 Å². The summed E-state index contributed by atoms with van der Waals surface area (Å²) >= 11 is 0. The molecule has 130 valence electrons. The van der Waals surface area contributed by atoms with Crippen molar-refractivity contribution in [3.63, 3.8) is 0 Å². The first-order chi connectivity index (χ1) is 11.0. The Morgan fingerprint density at radius 2 is 1.65 bits per heavy atom. The van der Waals surface area contributed by atoms with E-state index in [4.69, 9.17) is 9.47 Å². The van der Waals surface area contributed by atoms with Gasteiger partial charge in [0.2, 0.25) is 0 Å². The summed E-state index contributed by atoms with van der Waals surface area (Å²) in [5, 5.41) is 0. The van der Waals surface area contributed by atoms with Gasteiger partial charge in [-0.05, 0) is 73.0 Å². The van der Waals surface area contributed by atoms with E-state index in [0.717, 1.165) is 43.3 Å². The van der Waals surface area contributed by atoms with Crippen LogP contribution in [0.5, 0.6) is 0 Å². The molecule has 0 N–H and O–H groups in total. The molecule has 5 aliphatic rings. The van der Waals surface area contributed by atoms with Gasteiger partial charge in [-0.2, -0.15) is 0 Å². The lowest BCUT2D eigenvalue weighted by Crippen LogP contribution is -2.51. The molecule has 0 aromatic carbocycles. The van der Waals surface area contributed by atoms with Crippen LogP contribution in [0.1, 0.15) is 78.1 Å². The molecule has 5 rings (SSSR count). The van der Waals surface area contributed by atoms with E-state index in [1.165, 1.54) is 57.8 Å². The van der Waals surface area contributed by atoms with E-state index in [0.29, 0.717) is 10.8 Å². The molecule has 0 aromatic rings. The summed E-state index contributed by atoms with van der Waals surface area (Å²) in [6, 6.07) is 0. The lowest BCUT2D eigenvalue weighted by Gasteiger charge is -2.59. The van der Waals surface area contributed by atoms with Gasteiger partial charge in [-0.3, -0.25) is 0 Å². The van der Waals surface area contributed by atoms with E-state index < -0.39 is 0 Å². The zero-order valence-electron chi connectivity index (χ0n) is 15.1. The second kappa shape index (κ2) is 4.97. The third-order valence-corrected chi connectivity index (χ3v) is 9.12.